The number of rotatable bonds is 4. The summed E-state index contributed by atoms with van der Waals surface area (Å²) in [4.78, 5) is 25.1. The molecule has 1 fully saturated rings. The quantitative estimate of drug-likeness (QED) is 0.892. The van der Waals surface area contributed by atoms with Gasteiger partial charge in [-0.25, -0.2) is 4.79 Å². The summed E-state index contributed by atoms with van der Waals surface area (Å²) >= 11 is 1.58. The van der Waals surface area contributed by atoms with Crippen LogP contribution in [0.4, 0.5) is 0 Å². The number of amides is 1. The van der Waals surface area contributed by atoms with Crippen molar-refractivity contribution in [3.05, 3.63) is 21.4 Å². The smallest absolute Gasteiger partial charge is 0.332 e. The molecule has 0 spiro atoms. The fraction of sp³-hybridized carbons (Fsp3) is 0.600. The Morgan fingerprint density at radius 2 is 2.14 bits per heavy atom. The Kier molecular flexibility index (Phi) is 4.26. The molecule has 6 heteroatoms. The summed E-state index contributed by atoms with van der Waals surface area (Å²) in [5, 5.41) is 11.7. The highest BCUT2D eigenvalue weighted by Crippen LogP contribution is 2.29. The first-order valence-electron chi connectivity index (χ1n) is 7.41. The van der Waals surface area contributed by atoms with E-state index >= 15 is 0 Å². The summed E-state index contributed by atoms with van der Waals surface area (Å²) in [6.07, 6.45) is 4.86. The van der Waals surface area contributed by atoms with Gasteiger partial charge in [-0.2, -0.15) is 0 Å². The number of ether oxygens (including phenoxy) is 1. The zero-order valence-electron chi connectivity index (χ0n) is 11.8. The van der Waals surface area contributed by atoms with Crippen LogP contribution >= 0.6 is 11.3 Å². The van der Waals surface area contributed by atoms with Gasteiger partial charge < -0.3 is 15.2 Å². The van der Waals surface area contributed by atoms with Gasteiger partial charge in [0, 0.05) is 11.4 Å². The van der Waals surface area contributed by atoms with Crippen molar-refractivity contribution < 1.29 is 19.4 Å². The van der Waals surface area contributed by atoms with E-state index in [-0.39, 0.29) is 12.0 Å². The first kappa shape index (κ1) is 14.5. The average molecular weight is 309 g/mol. The predicted molar refractivity (Wildman–Crippen MR) is 78.8 cm³/mol. The van der Waals surface area contributed by atoms with Crippen LogP contribution in [0, 0.1) is 0 Å². The fourth-order valence-electron chi connectivity index (χ4n) is 2.93. The molecular weight excluding hydrogens is 290 g/mol. The second-order valence-corrected chi connectivity index (χ2v) is 6.78. The Morgan fingerprint density at radius 1 is 1.33 bits per heavy atom. The summed E-state index contributed by atoms with van der Waals surface area (Å²) in [6.45, 7) is 0.380. The summed E-state index contributed by atoms with van der Waals surface area (Å²) in [5.41, 5.74) is 1.32. The van der Waals surface area contributed by atoms with Crippen LogP contribution in [0.5, 0.6) is 0 Å². The van der Waals surface area contributed by atoms with Crippen molar-refractivity contribution in [2.24, 2.45) is 0 Å². The molecule has 1 aliphatic heterocycles. The monoisotopic (exact) mass is 309 g/mol. The molecule has 114 valence electrons. The second-order valence-electron chi connectivity index (χ2n) is 5.64. The van der Waals surface area contributed by atoms with Crippen LogP contribution < -0.4 is 5.32 Å². The molecule has 2 aliphatic rings. The van der Waals surface area contributed by atoms with E-state index < -0.39 is 12.1 Å². The minimum Gasteiger partial charge on any atom is -0.479 e. The Hall–Kier alpha value is -1.40. The fourth-order valence-corrected chi connectivity index (χ4v) is 4.10. The minimum atomic E-state index is -0.922. The third-order valence-corrected chi connectivity index (χ3v) is 5.33. The molecule has 2 N–H and O–H groups in total. The third kappa shape index (κ3) is 3.27. The van der Waals surface area contributed by atoms with E-state index in [9.17, 15) is 9.59 Å². The summed E-state index contributed by atoms with van der Waals surface area (Å²) in [5.74, 6) is -0.994. The number of carbonyl (C=O) groups excluding carboxylic acids is 1. The number of aliphatic carboxylic acids is 1. The van der Waals surface area contributed by atoms with E-state index in [1.807, 2.05) is 6.07 Å². The van der Waals surface area contributed by atoms with E-state index in [1.165, 1.54) is 23.3 Å². The number of carbonyl (C=O) groups is 2. The van der Waals surface area contributed by atoms with E-state index in [2.05, 4.69) is 5.32 Å². The number of carboxylic acids is 1. The Balaban J connectivity index is 1.53. The molecule has 1 amide bonds. The van der Waals surface area contributed by atoms with Gasteiger partial charge in [0.15, 0.2) is 6.10 Å². The van der Waals surface area contributed by atoms with Gasteiger partial charge >= 0.3 is 5.97 Å². The molecule has 1 saturated heterocycles. The van der Waals surface area contributed by atoms with Gasteiger partial charge in [0.1, 0.15) is 0 Å². The van der Waals surface area contributed by atoms with Crippen molar-refractivity contribution in [3.8, 4) is 0 Å². The van der Waals surface area contributed by atoms with Crippen LogP contribution in [0.3, 0.4) is 0 Å². The van der Waals surface area contributed by atoms with Crippen molar-refractivity contribution in [1.82, 2.24) is 5.32 Å². The standard InChI is InChI=1S/C15H19NO4S/c17-14(13-7-9-3-1-2-4-12(9)21-13)16-8-10-5-6-11(20-10)15(18)19/h7,10-11H,1-6,8H2,(H,16,17)(H,18,19). The van der Waals surface area contributed by atoms with Gasteiger partial charge in [0.05, 0.1) is 11.0 Å². The van der Waals surface area contributed by atoms with E-state index in [1.54, 1.807) is 11.3 Å². The SMILES string of the molecule is O=C(NCC1CCC(C(=O)O)O1)c1cc2c(s1)CCCC2. The highest BCUT2D eigenvalue weighted by atomic mass is 32.1. The maximum Gasteiger partial charge on any atom is 0.332 e. The average Bonchev–Trinajstić information content (AvgIpc) is 3.11. The second kappa shape index (κ2) is 6.15. The van der Waals surface area contributed by atoms with Crippen molar-refractivity contribution >= 4 is 23.2 Å². The van der Waals surface area contributed by atoms with Crippen LogP contribution in [0.15, 0.2) is 6.07 Å². The van der Waals surface area contributed by atoms with Crippen molar-refractivity contribution in [2.75, 3.05) is 6.54 Å². The highest BCUT2D eigenvalue weighted by Gasteiger charge is 2.30. The molecule has 2 atom stereocenters. The molecular formula is C15H19NO4S. The topological polar surface area (TPSA) is 75.6 Å². The molecule has 5 nitrogen and oxygen atoms in total. The molecule has 1 aromatic rings. The van der Waals surface area contributed by atoms with Gasteiger partial charge in [0.2, 0.25) is 0 Å². The number of nitrogens with one attached hydrogen (secondary N) is 1. The molecule has 2 heterocycles. The van der Waals surface area contributed by atoms with Crippen LogP contribution in [-0.4, -0.2) is 35.7 Å². The number of hydrogen-bond donors (Lipinski definition) is 2. The molecule has 0 bridgehead atoms. The zero-order valence-corrected chi connectivity index (χ0v) is 12.6. The Morgan fingerprint density at radius 3 is 2.86 bits per heavy atom. The van der Waals surface area contributed by atoms with Crippen molar-refractivity contribution in [1.29, 1.82) is 0 Å². The van der Waals surface area contributed by atoms with Crippen LogP contribution in [0.1, 0.15) is 45.8 Å². The molecule has 1 aliphatic carbocycles. The predicted octanol–water partition coefficient (Wildman–Crippen LogP) is 1.99. The summed E-state index contributed by atoms with van der Waals surface area (Å²) < 4.78 is 5.38. The van der Waals surface area contributed by atoms with Crippen LogP contribution in [0.25, 0.3) is 0 Å². The molecule has 3 rings (SSSR count). The van der Waals surface area contributed by atoms with E-state index in [4.69, 9.17) is 9.84 Å². The van der Waals surface area contributed by atoms with Crippen molar-refractivity contribution in [2.45, 2.75) is 50.7 Å². The first-order chi connectivity index (χ1) is 10.1. The maximum absolute atomic E-state index is 12.2. The number of thiophene rings is 1. The highest BCUT2D eigenvalue weighted by molar-refractivity contribution is 7.14. The lowest BCUT2D eigenvalue weighted by Gasteiger charge is -2.11. The largest absolute Gasteiger partial charge is 0.479 e. The number of aryl methyl sites for hydroxylation is 2. The molecule has 0 saturated carbocycles. The molecule has 0 aromatic carbocycles. The maximum atomic E-state index is 12.2. The van der Waals surface area contributed by atoms with Crippen LogP contribution in [0.2, 0.25) is 0 Å². The molecule has 0 radical (unpaired) electrons. The summed E-state index contributed by atoms with van der Waals surface area (Å²) in [7, 11) is 0. The van der Waals surface area contributed by atoms with Crippen molar-refractivity contribution in [3.63, 3.8) is 0 Å². The van der Waals surface area contributed by atoms with Crippen LogP contribution in [-0.2, 0) is 22.4 Å². The Labute approximate surface area is 127 Å². The Bertz CT molecular complexity index is 530. The van der Waals surface area contributed by atoms with Gasteiger partial charge in [-0.1, -0.05) is 0 Å². The zero-order chi connectivity index (χ0) is 14.8. The lowest BCUT2D eigenvalue weighted by atomic mass is 9.99. The molecule has 1 aromatic heterocycles. The van der Waals surface area contributed by atoms with E-state index in [0.717, 1.165) is 17.7 Å². The summed E-state index contributed by atoms with van der Waals surface area (Å²) in [6, 6.07) is 2.00. The van der Waals surface area contributed by atoms with E-state index in [0.29, 0.717) is 19.4 Å². The third-order valence-electron chi connectivity index (χ3n) is 4.09. The lowest BCUT2D eigenvalue weighted by molar-refractivity contribution is -0.149. The van der Waals surface area contributed by atoms with Gasteiger partial charge in [-0.3, -0.25) is 4.79 Å². The number of carboxylic acid groups (broad SMARTS) is 1. The molecule has 21 heavy (non-hydrogen) atoms. The van der Waals surface area contributed by atoms with Gasteiger partial charge in [-0.15, -0.1) is 11.3 Å². The normalized spacial score (nSPS) is 24.6. The minimum absolute atomic E-state index is 0.0724. The molecule has 2 unspecified atom stereocenters. The number of fused-ring (bicyclic) bond motifs is 1. The van der Waals surface area contributed by atoms with Gasteiger partial charge in [0.25, 0.3) is 5.91 Å². The number of hydrogen-bond acceptors (Lipinski definition) is 4. The lowest BCUT2D eigenvalue weighted by Crippen LogP contribution is -2.32. The first-order valence-corrected chi connectivity index (χ1v) is 8.23. The van der Waals surface area contributed by atoms with Gasteiger partial charge in [-0.05, 0) is 50.2 Å².